The van der Waals surface area contributed by atoms with Crippen molar-refractivity contribution in [2.45, 2.75) is 6.42 Å². The van der Waals surface area contributed by atoms with Crippen molar-refractivity contribution in [3.05, 3.63) is 34.8 Å². The fourth-order valence-electron chi connectivity index (χ4n) is 2.36. The zero-order valence-corrected chi connectivity index (χ0v) is 11.8. The third kappa shape index (κ3) is 2.35. The number of aromatic nitrogens is 1. The topological polar surface area (TPSA) is 53.4 Å². The molecule has 2 aromatic rings. The van der Waals surface area contributed by atoms with Gasteiger partial charge in [-0.15, -0.1) is 0 Å². The molecular weight excluding hydrogens is 308 g/mol. The summed E-state index contributed by atoms with van der Waals surface area (Å²) in [6, 6.07) is 9.66. The number of hydrogen-bond acceptors (Lipinski definition) is 3. The smallest absolute Gasteiger partial charge is 0.228 e. The van der Waals surface area contributed by atoms with Gasteiger partial charge >= 0.3 is 0 Å². The molecule has 1 amide bonds. The van der Waals surface area contributed by atoms with Crippen molar-refractivity contribution in [1.29, 1.82) is 0 Å². The maximum Gasteiger partial charge on any atom is 0.228 e. The summed E-state index contributed by atoms with van der Waals surface area (Å²) in [5.41, 5.74) is 0.862. The summed E-state index contributed by atoms with van der Waals surface area (Å²) in [4.78, 5) is 18.1. The van der Waals surface area contributed by atoms with Crippen molar-refractivity contribution in [2.75, 3.05) is 18.1 Å². The van der Waals surface area contributed by atoms with Crippen LogP contribution in [0.2, 0.25) is 0 Å². The highest BCUT2D eigenvalue weighted by Gasteiger charge is 2.30. The van der Waals surface area contributed by atoms with E-state index in [4.69, 9.17) is 5.11 Å². The van der Waals surface area contributed by atoms with Crippen molar-refractivity contribution < 1.29 is 9.90 Å². The molecule has 0 saturated carbocycles. The average Bonchev–Trinajstić information content (AvgIpc) is 2.79. The Bertz CT molecular complexity index is 644. The fraction of sp³-hybridized carbons (Fsp3) is 0.286. The van der Waals surface area contributed by atoms with Crippen molar-refractivity contribution in [3.63, 3.8) is 0 Å². The lowest BCUT2D eigenvalue weighted by molar-refractivity contribution is -0.117. The number of pyridine rings is 1. The Morgan fingerprint density at radius 3 is 2.95 bits per heavy atom. The lowest BCUT2D eigenvalue weighted by atomic mass is 10.1. The van der Waals surface area contributed by atoms with E-state index in [1.54, 1.807) is 4.90 Å². The molecule has 1 saturated heterocycles. The molecule has 19 heavy (non-hydrogen) atoms. The summed E-state index contributed by atoms with van der Waals surface area (Å²) in [6.45, 7) is 0.590. The van der Waals surface area contributed by atoms with Gasteiger partial charge in [0.1, 0.15) is 5.82 Å². The molecule has 1 aromatic heterocycles. The van der Waals surface area contributed by atoms with Crippen molar-refractivity contribution in [2.24, 2.45) is 5.92 Å². The largest absolute Gasteiger partial charge is 0.396 e. The standard InChI is InChI=1S/C14H13BrN2O2/c15-11-2-3-12-10(6-11)1-4-13(16-12)17-7-9(8-18)5-14(17)19/h1-4,6,9,18H,5,7-8H2. The van der Waals surface area contributed by atoms with E-state index >= 15 is 0 Å². The second kappa shape index (κ2) is 4.90. The number of benzene rings is 1. The predicted octanol–water partition coefficient (Wildman–Crippen LogP) is 2.34. The lowest BCUT2D eigenvalue weighted by Crippen LogP contribution is -2.25. The van der Waals surface area contributed by atoms with Crippen LogP contribution >= 0.6 is 15.9 Å². The summed E-state index contributed by atoms with van der Waals surface area (Å²) >= 11 is 3.42. The monoisotopic (exact) mass is 320 g/mol. The molecule has 5 heteroatoms. The Morgan fingerprint density at radius 1 is 1.37 bits per heavy atom. The summed E-state index contributed by atoms with van der Waals surface area (Å²) < 4.78 is 1.01. The molecule has 0 aliphatic carbocycles. The molecule has 0 spiro atoms. The fourth-order valence-corrected chi connectivity index (χ4v) is 2.74. The van der Waals surface area contributed by atoms with E-state index in [1.165, 1.54) is 0 Å². The number of aliphatic hydroxyl groups is 1. The number of carbonyl (C=O) groups excluding carboxylic acids is 1. The molecule has 0 radical (unpaired) electrons. The highest BCUT2D eigenvalue weighted by Crippen LogP contribution is 2.26. The molecule has 1 atom stereocenters. The van der Waals surface area contributed by atoms with Gasteiger partial charge in [-0.05, 0) is 30.3 Å². The van der Waals surface area contributed by atoms with Crippen LogP contribution in [0.1, 0.15) is 6.42 Å². The molecule has 0 bridgehead atoms. The number of fused-ring (bicyclic) bond motifs is 1. The average molecular weight is 321 g/mol. The number of rotatable bonds is 2. The molecule has 98 valence electrons. The summed E-state index contributed by atoms with van der Waals surface area (Å²) in [5, 5.41) is 10.2. The molecule has 1 aliphatic rings. The molecule has 1 unspecified atom stereocenters. The van der Waals surface area contributed by atoms with Crippen LogP contribution in [0, 0.1) is 5.92 Å². The van der Waals surface area contributed by atoms with E-state index in [9.17, 15) is 4.79 Å². The van der Waals surface area contributed by atoms with Gasteiger partial charge in [-0.1, -0.05) is 15.9 Å². The Hall–Kier alpha value is -1.46. The van der Waals surface area contributed by atoms with Crippen LogP contribution in [0.3, 0.4) is 0 Å². The second-order valence-corrected chi connectivity index (χ2v) is 5.68. The van der Waals surface area contributed by atoms with Crippen LogP contribution in [0.4, 0.5) is 5.82 Å². The van der Waals surface area contributed by atoms with Gasteiger partial charge in [-0.25, -0.2) is 4.98 Å². The van der Waals surface area contributed by atoms with E-state index in [0.717, 1.165) is 15.4 Å². The molecule has 1 aliphatic heterocycles. The van der Waals surface area contributed by atoms with Crippen molar-refractivity contribution in [3.8, 4) is 0 Å². The van der Waals surface area contributed by atoms with Gasteiger partial charge < -0.3 is 5.11 Å². The lowest BCUT2D eigenvalue weighted by Gasteiger charge is -2.15. The van der Waals surface area contributed by atoms with E-state index in [0.29, 0.717) is 18.8 Å². The first-order valence-electron chi connectivity index (χ1n) is 6.15. The molecule has 1 fully saturated rings. The number of carbonyl (C=O) groups is 1. The van der Waals surface area contributed by atoms with E-state index < -0.39 is 0 Å². The Labute approximate surface area is 119 Å². The SMILES string of the molecule is O=C1CC(CO)CN1c1ccc2cc(Br)ccc2n1. The van der Waals surface area contributed by atoms with Crippen LogP contribution < -0.4 is 4.90 Å². The molecular formula is C14H13BrN2O2. The van der Waals surface area contributed by atoms with Crippen LogP contribution in [-0.4, -0.2) is 29.1 Å². The van der Waals surface area contributed by atoms with Crippen LogP contribution in [-0.2, 0) is 4.79 Å². The number of hydrogen-bond donors (Lipinski definition) is 1. The minimum Gasteiger partial charge on any atom is -0.396 e. The van der Waals surface area contributed by atoms with Crippen LogP contribution in [0.25, 0.3) is 10.9 Å². The predicted molar refractivity (Wildman–Crippen MR) is 77.0 cm³/mol. The second-order valence-electron chi connectivity index (χ2n) is 4.76. The summed E-state index contributed by atoms with van der Waals surface area (Å²) in [5.74, 6) is 0.716. The van der Waals surface area contributed by atoms with Gasteiger partial charge in [0.05, 0.1) is 5.52 Å². The zero-order chi connectivity index (χ0) is 13.4. The first kappa shape index (κ1) is 12.6. The van der Waals surface area contributed by atoms with Crippen LogP contribution in [0.15, 0.2) is 34.8 Å². The maximum atomic E-state index is 11.9. The highest BCUT2D eigenvalue weighted by molar-refractivity contribution is 9.10. The third-order valence-electron chi connectivity index (χ3n) is 3.38. The number of nitrogens with zero attached hydrogens (tertiary/aromatic N) is 2. The first-order chi connectivity index (χ1) is 9.17. The number of anilines is 1. The Morgan fingerprint density at radius 2 is 2.21 bits per heavy atom. The quantitative estimate of drug-likeness (QED) is 0.924. The maximum absolute atomic E-state index is 11.9. The van der Waals surface area contributed by atoms with Gasteiger partial charge in [0.15, 0.2) is 0 Å². The highest BCUT2D eigenvalue weighted by atomic mass is 79.9. The Kier molecular flexibility index (Phi) is 3.24. The first-order valence-corrected chi connectivity index (χ1v) is 6.94. The van der Waals surface area contributed by atoms with Gasteiger partial charge in [0.2, 0.25) is 5.91 Å². The molecule has 3 rings (SSSR count). The number of aliphatic hydroxyl groups excluding tert-OH is 1. The Balaban J connectivity index is 1.97. The van der Waals surface area contributed by atoms with Gasteiger partial charge in [-0.2, -0.15) is 0 Å². The molecule has 1 aromatic carbocycles. The zero-order valence-electron chi connectivity index (χ0n) is 10.2. The summed E-state index contributed by atoms with van der Waals surface area (Å²) in [6.07, 6.45) is 0.399. The molecule has 2 heterocycles. The molecule has 4 nitrogen and oxygen atoms in total. The van der Waals surface area contributed by atoms with Crippen molar-refractivity contribution in [1.82, 2.24) is 4.98 Å². The minimum absolute atomic E-state index is 0.0231. The van der Waals surface area contributed by atoms with E-state index in [-0.39, 0.29) is 18.4 Å². The molecule has 1 N–H and O–H groups in total. The van der Waals surface area contributed by atoms with Gasteiger partial charge in [0.25, 0.3) is 0 Å². The van der Waals surface area contributed by atoms with E-state index in [1.807, 2.05) is 30.3 Å². The normalized spacial score (nSPS) is 19.4. The van der Waals surface area contributed by atoms with Gasteiger partial charge in [0, 0.05) is 35.3 Å². The van der Waals surface area contributed by atoms with E-state index in [2.05, 4.69) is 20.9 Å². The third-order valence-corrected chi connectivity index (χ3v) is 3.87. The van der Waals surface area contributed by atoms with Crippen LogP contribution in [0.5, 0.6) is 0 Å². The van der Waals surface area contributed by atoms with Gasteiger partial charge in [-0.3, -0.25) is 9.69 Å². The minimum atomic E-state index is 0.0231. The van der Waals surface area contributed by atoms with Crippen molar-refractivity contribution >= 4 is 38.6 Å². The number of halogens is 1. The summed E-state index contributed by atoms with van der Waals surface area (Å²) in [7, 11) is 0. The number of amides is 1.